The van der Waals surface area contributed by atoms with E-state index in [-0.39, 0.29) is 16.9 Å². The van der Waals surface area contributed by atoms with Crippen LogP contribution >= 0.6 is 11.3 Å². The molecular weight excluding hydrogens is 330 g/mol. The molecule has 7 nitrogen and oxygen atoms in total. The second kappa shape index (κ2) is 6.32. The van der Waals surface area contributed by atoms with Crippen molar-refractivity contribution in [1.29, 1.82) is 0 Å². The summed E-state index contributed by atoms with van der Waals surface area (Å²) in [5, 5.41) is 3.17. The zero-order valence-electron chi connectivity index (χ0n) is 13.3. The number of carbonyl (C=O) groups excluding carboxylic acids is 1. The van der Waals surface area contributed by atoms with Crippen LogP contribution in [0.1, 0.15) is 10.5 Å². The number of pyridine rings is 1. The fourth-order valence-electron chi connectivity index (χ4n) is 2.23. The molecule has 8 heteroatoms. The average Bonchev–Trinajstić information content (AvgIpc) is 2.97. The zero-order chi connectivity index (χ0) is 17.3. The van der Waals surface area contributed by atoms with Crippen LogP contribution in [-0.2, 0) is 7.05 Å². The molecule has 1 aromatic carbocycles. The lowest BCUT2D eigenvalue weighted by Crippen LogP contribution is -2.21. The third-order valence-electron chi connectivity index (χ3n) is 3.47. The molecule has 3 aromatic rings. The van der Waals surface area contributed by atoms with Crippen LogP contribution in [0.4, 0.5) is 5.13 Å². The van der Waals surface area contributed by atoms with Crippen molar-refractivity contribution in [2.24, 2.45) is 7.05 Å². The molecular formula is C16H15N3O4S. The number of carbonyl (C=O) groups is 1. The van der Waals surface area contributed by atoms with Gasteiger partial charge in [-0.2, -0.15) is 0 Å². The van der Waals surface area contributed by atoms with Gasteiger partial charge in [0.1, 0.15) is 11.4 Å². The van der Waals surface area contributed by atoms with E-state index in [2.05, 4.69) is 10.3 Å². The molecule has 0 radical (unpaired) electrons. The maximum Gasteiger partial charge on any atom is 0.274 e. The van der Waals surface area contributed by atoms with E-state index in [1.54, 1.807) is 20.2 Å². The molecule has 0 fully saturated rings. The van der Waals surface area contributed by atoms with Gasteiger partial charge < -0.3 is 14.0 Å². The number of ether oxygens (including phenoxy) is 2. The molecule has 1 N–H and O–H groups in total. The van der Waals surface area contributed by atoms with E-state index in [1.807, 2.05) is 12.1 Å². The summed E-state index contributed by atoms with van der Waals surface area (Å²) in [7, 11) is 4.67. The lowest BCUT2D eigenvalue weighted by Gasteiger charge is -2.09. The fraction of sp³-hybridized carbons (Fsp3) is 0.188. The van der Waals surface area contributed by atoms with Crippen LogP contribution in [0.5, 0.6) is 11.5 Å². The van der Waals surface area contributed by atoms with Gasteiger partial charge in [0.05, 0.1) is 30.6 Å². The van der Waals surface area contributed by atoms with Crippen molar-refractivity contribution in [3.05, 3.63) is 46.4 Å². The van der Waals surface area contributed by atoms with Crippen LogP contribution < -0.4 is 20.2 Å². The minimum absolute atomic E-state index is 0.182. The molecule has 24 heavy (non-hydrogen) atoms. The van der Waals surface area contributed by atoms with E-state index < -0.39 is 5.91 Å². The number of aromatic nitrogens is 2. The number of amides is 1. The van der Waals surface area contributed by atoms with Crippen LogP contribution in [0.3, 0.4) is 0 Å². The molecule has 0 saturated heterocycles. The molecule has 0 bridgehead atoms. The Labute approximate surface area is 141 Å². The Morgan fingerprint density at radius 1 is 1.25 bits per heavy atom. The number of rotatable bonds is 4. The van der Waals surface area contributed by atoms with Gasteiger partial charge in [0.2, 0.25) is 5.43 Å². The van der Waals surface area contributed by atoms with Gasteiger partial charge in [-0.15, -0.1) is 0 Å². The minimum Gasteiger partial charge on any atom is -0.497 e. The highest BCUT2D eigenvalue weighted by molar-refractivity contribution is 7.22. The van der Waals surface area contributed by atoms with E-state index in [0.717, 1.165) is 16.0 Å². The Morgan fingerprint density at radius 3 is 2.75 bits per heavy atom. The minimum atomic E-state index is -0.414. The molecule has 2 heterocycles. The van der Waals surface area contributed by atoms with Crippen LogP contribution in [0.25, 0.3) is 10.2 Å². The first-order valence-electron chi connectivity index (χ1n) is 7.02. The van der Waals surface area contributed by atoms with Crippen molar-refractivity contribution in [1.82, 2.24) is 9.55 Å². The quantitative estimate of drug-likeness (QED) is 0.784. The predicted molar refractivity (Wildman–Crippen MR) is 92.4 cm³/mol. The smallest absolute Gasteiger partial charge is 0.274 e. The number of benzene rings is 1. The first-order chi connectivity index (χ1) is 11.5. The van der Waals surface area contributed by atoms with Crippen LogP contribution in [0, 0.1) is 0 Å². The third-order valence-corrected chi connectivity index (χ3v) is 4.40. The summed E-state index contributed by atoms with van der Waals surface area (Å²) in [6.07, 6.45) is 1.47. The van der Waals surface area contributed by atoms with Gasteiger partial charge in [0, 0.05) is 13.1 Å². The van der Waals surface area contributed by atoms with Gasteiger partial charge in [-0.05, 0) is 18.2 Å². The average molecular weight is 345 g/mol. The number of anilines is 1. The van der Waals surface area contributed by atoms with Crippen LogP contribution in [0.15, 0.2) is 35.3 Å². The third kappa shape index (κ3) is 2.95. The second-order valence-electron chi connectivity index (χ2n) is 5.01. The van der Waals surface area contributed by atoms with Crippen LogP contribution in [0.2, 0.25) is 0 Å². The summed E-state index contributed by atoms with van der Waals surface area (Å²) in [5.41, 5.74) is 0.632. The number of nitrogens with one attached hydrogen (secondary N) is 1. The summed E-state index contributed by atoms with van der Waals surface area (Å²) >= 11 is 1.33. The van der Waals surface area contributed by atoms with Crippen molar-refractivity contribution in [2.75, 3.05) is 19.5 Å². The van der Waals surface area contributed by atoms with Crippen molar-refractivity contribution in [2.45, 2.75) is 0 Å². The van der Waals surface area contributed by atoms with Gasteiger partial charge in [0.25, 0.3) is 5.91 Å². The molecule has 1 amide bonds. The number of aryl methyl sites for hydroxylation is 1. The highest BCUT2D eigenvalue weighted by Crippen LogP contribution is 2.29. The van der Waals surface area contributed by atoms with E-state index in [9.17, 15) is 9.59 Å². The maximum atomic E-state index is 12.4. The predicted octanol–water partition coefficient (Wildman–Crippen LogP) is 2.26. The Kier molecular flexibility index (Phi) is 4.22. The largest absolute Gasteiger partial charge is 0.497 e. The van der Waals surface area contributed by atoms with E-state index >= 15 is 0 Å². The Bertz CT molecular complexity index is 977. The molecule has 2 aromatic heterocycles. The van der Waals surface area contributed by atoms with Gasteiger partial charge >= 0.3 is 0 Å². The summed E-state index contributed by atoms with van der Waals surface area (Å²) in [6, 6.07) is 6.72. The molecule has 0 aliphatic rings. The van der Waals surface area contributed by atoms with E-state index in [0.29, 0.717) is 5.13 Å². The number of fused-ring (bicyclic) bond motifs is 1. The fourth-order valence-corrected chi connectivity index (χ4v) is 3.12. The van der Waals surface area contributed by atoms with Gasteiger partial charge in [-0.1, -0.05) is 11.3 Å². The summed E-state index contributed by atoms with van der Waals surface area (Å²) < 4.78 is 12.6. The van der Waals surface area contributed by atoms with Crippen molar-refractivity contribution in [3.63, 3.8) is 0 Å². The number of methoxy groups -OCH3 is 2. The molecule has 0 aliphatic carbocycles. The van der Waals surface area contributed by atoms with Crippen molar-refractivity contribution >= 4 is 32.6 Å². The van der Waals surface area contributed by atoms with E-state index in [1.165, 1.54) is 35.3 Å². The number of nitrogens with zero attached hydrogens (tertiary/aromatic N) is 2. The summed E-state index contributed by atoms with van der Waals surface area (Å²) in [4.78, 5) is 28.6. The first-order valence-corrected chi connectivity index (χ1v) is 7.84. The summed E-state index contributed by atoms with van der Waals surface area (Å²) in [5.74, 6) is 0.492. The van der Waals surface area contributed by atoms with Crippen LogP contribution in [-0.4, -0.2) is 29.7 Å². The van der Waals surface area contributed by atoms with Crippen molar-refractivity contribution < 1.29 is 14.3 Å². The standard InChI is InChI=1S/C16H15N3O4S/c1-19-8-13(23-3)12(20)7-11(19)15(21)18-16-17-10-5-4-9(22-2)6-14(10)24-16/h4-8H,1-3H3,(H,17,18,21). The SMILES string of the molecule is COc1ccc2nc(NC(=O)c3cc(=O)c(OC)cn3C)sc2c1. The highest BCUT2D eigenvalue weighted by atomic mass is 32.1. The normalized spacial score (nSPS) is 10.6. The first kappa shape index (κ1) is 16.0. The van der Waals surface area contributed by atoms with Gasteiger partial charge in [0.15, 0.2) is 10.9 Å². The Balaban J connectivity index is 1.89. The topological polar surface area (TPSA) is 82.4 Å². The molecule has 0 unspecified atom stereocenters. The monoisotopic (exact) mass is 345 g/mol. The molecule has 0 aliphatic heterocycles. The Morgan fingerprint density at radius 2 is 2.04 bits per heavy atom. The summed E-state index contributed by atoms with van der Waals surface area (Å²) in [6.45, 7) is 0. The molecule has 0 saturated carbocycles. The Hall–Kier alpha value is -2.87. The number of hydrogen-bond donors (Lipinski definition) is 1. The molecule has 0 spiro atoms. The number of thiazole rings is 1. The second-order valence-corrected chi connectivity index (χ2v) is 6.04. The van der Waals surface area contributed by atoms with E-state index in [4.69, 9.17) is 9.47 Å². The molecule has 3 rings (SSSR count). The van der Waals surface area contributed by atoms with Gasteiger partial charge in [-0.25, -0.2) is 4.98 Å². The zero-order valence-corrected chi connectivity index (χ0v) is 14.1. The maximum absolute atomic E-state index is 12.4. The molecule has 0 atom stereocenters. The molecule has 124 valence electrons. The lowest BCUT2D eigenvalue weighted by molar-refractivity contribution is 0.101. The highest BCUT2D eigenvalue weighted by Gasteiger charge is 2.14. The van der Waals surface area contributed by atoms with Gasteiger partial charge in [-0.3, -0.25) is 14.9 Å². The number of hydrogen-bond acceptors (Lipinski definition) is 6. The van der Waals surface area contributed by atoms with Crippen molar-refractivity contribution in [3.8, 4) is 11.5 Å². The lowest BCUT2D eigenvalue weighted by atomic mass is 10.3.